The highest BCUT2D eigenvalue weighted by atomic mass is 16.5. The highest BCUT2D eigenvalue weighted by molar-refractivity contribution is 5.87. The van der Waals surface area contributed by atoms with Crippen LogP contribution in [-0.2, 0) is 20.7 Å². The molecule has 0 saturated carbocycles. The number of benzene rings is 2. The molecular weight excluding hydrogens is 376 g/mol. The van der Waals surface area contributed by atoms with Crippen LogP contribution in [0.2, 0.25) is 0 Å². The molecule has 1 N–H and O–H groups in total. The highest BCUT2D eigenvalue weighted by Gasteiger charge is 2.11. The Kier molecular flexibility index (Phi) is 8.60. The summed E-state index contributed by atoms with van der Waals surface area (Å²) in [5, 5.41) is 8.90. The van der Waals surface area contributed by atoms with E-state index in [2.05, 4.69) is 44.7 Å². The first-order valence-electron chi connectivity index (χ1n) is 10.3. The zero-order valence-corrected chi connectivity index (χ0v) is 18.0. The molecule has 0 fully saturated rings. The largest absolute Gasteiger partial charge is 0.478 e. The van der Waals surface area contributed by atoms with Crippen molar-refractivity contribution in [3.05, 3.63) is 77.4 Å². The van der Waals surface area contributed by atoms with E-state index in [-0.39, 0.29) is 6.61 Å². The predicted octanol–water partition coefficient (Wildman–Crippen LogP) is 6.02. The number of carbonyl (C=O) groups excluding carboxylic acids is 1. The first-order chi connectivity index (χ1) is 14.3. The molecule has 0 heterocycles. The monoisotopic (exact) mass is 406 g/mol. The van der Waals surface area contributed by atoms with E-state index in [9.17, 15) is 9.59 Å². The lowest BCUT2D eigenvalue weighted by molar-refractivity contribution is -0.138. The lowest BCUT2D eigenvalue weighted by Gasteiger charge is -2.15. The molecule has 0 bridgehead atoms. The van der Waals surface area contributed by atoms with Gasteiger partial charge in [-0.3, -0.25) is 0 Å². The fraction of sp³-hybridized carbons (Fsp3) is 0.308. The first kappa shape index (κ1) is 23.1. The molecule has 2 aromatic rings. The Bertz CT molecular complexity index is 940. The van der Waals surface area contributed by atoms with Gasteiger partial charge in [0.15, 0.2) is 0 Å². The quantitative estimate of drug-likeness (QED) is 0.387. The Labute approximate surface area is 178 Å². The SMILES string of the molecule is C=C(C)C(=O)OCCc1cc(C=CC(=O)O)ccc1-c1cccc(C(C)CCC)c1. The van der Waals surface area contributed by atoms with Gasteiger partial charge in [0, 0.05) is 18.1 Å². The van der Waals surface area contributed by atoms with E-state index < -0.39 is 11.9 Å². The molecule has 4 heteroatoms. The van der Waals surface area contributed by atoms with Crippen LogP contribution in [-0.4, -0.2) is 23.7 Å². The minimum absolute atomic E-state index is 0.233. The van der Waals surface area contributed by atoms with E-state index in [1.54, 1.807) is 13.0 Å². The number of esters is 1. The van der Waals surface area contributed by atoms with Gasteiger partial charge in [0.25, 0.3) is 0 Å². The van der Waals surface area contributed by atoms with E-state index in [1.807, 2.05) is 18.2 Å². The Morgan fingerprint density at radius 1 is 1.20 bits per heavy atom. The minimum atomic E-state index is -0.992. The number of rotatable bonds is 10. The first-order valence-corrected chi connectivity index (χ1v) is 10.3. The van der Waals surface area contributed by atoms with Crippen LogP contribution in [0.5, 0.6) is 0 Å². The number of hydrogen-bond donors (Lipinski definition) is 1. The number of carbonyl (C=O) groups is 2. The van der Waals surface area contributed by atoms with Crippen molar-refractivity contribution in [1.29, 1.82) is 0 Å². The molecule has 0 saturated heterocycles. The predicted molar refractivity (Wildman–Crippen MR) is 121 cm³/mol. The van der Waals surface area contributed by atoms with Gasteiger partial charge in [-0.25, -0.2) is 9.59 Å². The van der Waals surface area contributed by atoms with Gasteiger partial charge in [-0.2, -0.15) is 0 Å². The Morgan fingerprint density at radius 2 is 1.97 bits per heavy atom. The highest BCUT2D eigenvalue weighted by Crippen LogP contribution is 2.30. The van der Waals surface area contributed by atoms with E-state index in [0.717, 1.165) is 41.2 Å². The number of aliphatic carboxylic acids is 1. The normalized spacial score (nSPS) is 12.0. The number of carboxylic acids is 1. The molecular formula is C26H30O4. The van der Waals surface area contributed by atoms with E-state index in [1.165, 1.54) is 5.56 Å². The molecule has 158 valence electrons. The van der Waals surface area contributed by atoms with Crippen LogP contribution in [0.1, 0.15) is 56.2 Å². The zero-order valence-electron chi connectivity index (χ0n) is 18.0. The Balaban J connectivity index is 2.37. The van der Waals surface area contributed by atoms with Crippen LogP contribution < -0.4 is 0 Å². The molecule has 0 aliphatic heterocycles. The zero-order chi connectivity index (χ0) is 22.1. The standard InChI is InChI=1S/C26H30O4/c1-5-7-19(4)21-8-6-9-22(17-21)24-12-10-20(11-13-25(27)28)16-23(24)14-15-30-26(29)18(2)3/h6,8-13,16-17,19H,2,5,7,14-15H2,1,3-4H3,(H,27,28). The van der Waals surface area contributed by atoms with Crippen LogP contribution >= 0.6 is 0 Å². The minimum Gasteiger partial charge on any atom is -0.478 e. The summed E-state index contributed by atoms with van der Waals surface area (Å²) in [6.07, 6.45) is 5.47. The summed E-state index contributed by atoms with van der Waals surface area (Å²) in [6, 6.07) is 14.4. The molecule has 0 amide bonds. The summed E-state index contributed by atoms with van der Waals surface area (Å²) in [6.45, 7) is 9.88. The van der Waals surface area contributed by atoms with E-state index in [4.69, 9.17) is 9.84 Å². The van der Waals surface area contributed by atoms with Crippen molar-refractivity contribution in [3.8, 4) is 11.1 Å². The fourth-order valence-electron chi connectivity index (χ4n) is 3.36. The average molecular weight is 407 g/mol. The topological polar surface area (TPSA) is 63.6 Å². The molecule has 4 nitrogen and oxygen atoms in total. The third kappa shape index (κ3) is 6.73. The second-order valence-corrected chi connectivity index (χ2v) is 7.57. The molecule has 30 heavy (non-hydrogen) atoms. The van der Waals surface area contributed by atoms with Gasteiger partial charge in [-0.1, -0.05) is 69.3 Å². The van der Waals surface area contributed by atoms with Gasteiger partial charge in [0.2, 0.25) is 0 Å². The maximum atomic E-state index is 11.7. The smallest absolute Gasteiger partial charge is 0.333 e. The van der Waals surface area contributed by atoms with Gasteiger partial charge in [0.05, 0.1) is 6.61 Å². The van der Waals surface area contributed by atoms with Crippen molar-refractivity contribution in [2.75, 3.05) is 6.61 Å². The van der Waals surface area contributed by atoms with Crippen LogP contribution in [0.3, 0.4) is 0 Å². The van der Waals surface area contributed by atoms with Crippen molar-refractivity contribution in [2.24, 2.45) is 0 Å². The summed E-state index contributed by atoms with van der Waals surface area (Å²) in [5.41, 5.74) is 5.61. The summed E-state index contributed by atoms with van der Waals surface area (Å²) in [7, 11) is 0. The second kappa shape index (κ2) is 11.1. The Hall–Kier alpha value is -3.14. The lowest BCUT2D eigenvalue weighted by atomic mass is 9.90. The van der Waals surface area contributed by atoms with Crippen molar-refractivity contribution >= 4 is 18.0 Å². The van der Waals surface area contributed by atoms with Crippen molar-refractivity contribution < 1.29 is 19.4 Å². The Morgan fingerprint density at radius 3 is 2.63 bits per heavy atom. The third-order valence-electron chi connectivity index (χ3n) is 4.99. The van der Waals surface area contributed by atoms with E-state index >= 15 is 0 Å². The van der Waals surface area contributed by atoms with Gasteiger partial charge >= 0.3 is 11.9 Å². The van der Waals surface area contributed by atoms with Gasteiger partial charge < -0.3 is 9.84 Å². The summed E-state index contributed by atoms with van der Waals surface area (Å²) in [4.78, 5) is 22.6. The number of ether oxygens (including phenoxy) is 1. The number of hydrogen-bond acceptors (Lipinski definition) is 3. The van der Waals surface area contributed by atoms with Crippen LogP contribution in [0, 0.1) is 0 Å². The van der Waals surface area contributed by atoms with Gasteiger partial charge in [-0.15, -0.1) is 0 Å². The van der Waals surface area contributed by atoms with Crippen molar-refractivity contribution in [2.45, 2.75) is 46.0 Å². The molecule has 0 aliphatic rings. The average Bonchev–Trinajstić information content (AvgIpc) is 2.72. The molecule has 2 aromatic carbocycles. The molecule has 0 aromatic heterocycles. The summed E-state index contributed by atoms with van der Waals surface area (Å²) < 4.78 is 5.28. The van der Waals surface area contributed by atoms with Crippen LogP contribution in [0.15, 0.2) is 60.7 Å². The van der Waals surface area contributed by atoms with Crippen molar-refractivity contribution in [3.63, 3.8) is 0 Å². The molecule has 0 spiro atoms. The van der Waals surface area contributed by atoms with E-state index in [0.29, 0.717) is 17.9 Å². The third-order valence-corrected chi connectivity index (χ3v) is 4.99. The molecule has 1 atom stereocenters. The number of carboxylic acid groups (broad SMARTS) is 1. The summed E-state index contributed by atoms with van der Waals surface area (Å²) >= 11 is 0. The molecule has 1 unspecified atom stereocenters. The summed E-state index contributed by atoms with van der Waals surface area (Å²) in [5.74, 6) is -0.921. The maximum Gasteiger partial charge on any atom is 0.333 e. The molecule has 0 radical (unpaired) electrons. The van der Waals surface area contributed by atoms with Crippen LogP contribution in [0.4, 0.5) is 0 Å². The van der Waals surface area contributed by atoms with Crippen LogP contribution in [0.25, 0.3) is 17.2 Å². The fourth-order valence-corrected chi connectivity index (χ4v) is 3.36. The molecule has 2 rings (SSSR count). The second-order valence-electron chi connectivity index (χ2n) is 7.57. The lowest BCUT2D eigenvalue weighted by Crippen LogP contribution is -2.08. The van der Waals surface area contributed by atoms with Crippen molar-refractivity contribution in [1.82, 2.24) is 0 Å². The maximum absolute atomic E-state index is 11.7. The van der Waals surface area contributed by atoms with Gasteiger partial charge in [0.1, 0.15) is 0 Å². The van der Waals surface area contributed by atoms with Gasteiger partial charge in [-0.05, 0) is 53.2 Å². The molecule has 0 aliphatic carbocycles.